The van der Waals surface area contributed by atoms with Gasteiger partial charge in [-0.3, -0.25) is 4.79 Å². The van der Waals surface area contributed by atoms with Crippen molar-refractivity contribution in [2.45, 2.75) is 0 Å². The molecule has 2 nitrogen and oxygen atoms in total. The fourth-order valence-corrected chi connectivity index (χ4v) is 1.34. The van der Waals surface area contributed by atoms with Crippen molar-refractivity contribution in [3.63, 3.8) is 0 Å². The van der Waals surface area contributed by atoms with E-state index in [2.05, 4.69) is 4.98 Å². The number of halogens is 3. The minimum absolute atomic E-state index is 0.0496. The van der Waals surface area contributed by atoms with E-state index < -0.39 is 0 Å². The third-order valence-electron chi connectivity index (χ3n) is 0.935. The second kappa shape index (κ2) is 3.11. The van der Waals surface area contributed by atoms with Crippen LogP contribution in [0.4, 0.5) is 0 Å². The lowest BCUT2D eigenvalue weighted by molar-refractivity contribution is 1.28. The standard InChI is InChI=1S/C5H2Cl2INO/c6-3-4(10)2(8)1-9-5(3)7/h1H,(H,9,10). The van der Waals surface area contributed by atoms with Gasteiger partial charge in [0.25, 0.3) is 0 Å². The van der Waals surface area contributed by atoms with Crippen molar-refractivity contribution < 1.29 is 0 Å². The molecule has 0 bridgehead atoms. The summed E-state index contributed by atoms with van der Waals surface area (Å²) in [6.07, 6.45) is 1.51. The Hall–Kier alpha value is 0.260. The van der Waals surface area contributed by atoms with Crippen LogP contribution in [0.15, 0.2) is 11.0 Å². The summed E-state index contributed by atoms with van der Waals surface area (Å²) in [5.74, 6) is 0. The van der Waals surface area contributed by atoms with Gasteiger partial charge in [0, 0.05) is 6.20 Å². The van der Waals surface area contributed by atoms with E-state index in [1.165, 1.54) is 6.20 Å². The van der Waals surface area contributed by atoms with E-state index >= 15 is 0 Å². The highest BCUT2D eigenvalue weighted by atomic mass is 127. The summed E-state index contributed by atoms with van der Waals surface area (Å²) in [6.45, 7) is 0. The third-order valence-corrected chi connectivity index (χ3v) is 2.49. The lowest BCUT2D eigenvalue weighted by Gasteiger charge is -1.93. The quantitative estimate of drug-likeness (QED) is 0.577. The molecular weight excluding hydrogens is 288 g/mol. The number of pyridine rings is 1. The molecule has 1 aromatic rings. The number of hydrogen-bond donors (Lipinski definition) is 1. The molecule has 0 fully saturated rings. The molecule has 54 valence electrons. The zero-order chi connectivity index (χ0) is 7.72. The highest BCUT2D eigenvalue weighted by Crippen LogP contribution is 2.14. The van der Waals surface area contributed by atoms with E-state index in [1.807, 2.05) is 22.6 Å². The molecule has 1 heterocycles. The van der Waals surface area contributed by atoms with Crippen LogP contribution >= 0.6 is 45.8 Å². The van der Waals surface area contributed by atoms with Crippen molar-refractivity contribution in [3.8, 4) is 0 Å². The Balaban J connectivity index is 3.50. The van der Waals surface area contributed by atoms with E-state index in [-0.39, 0.29) is 15.6 Å². The predicted octanol–water partition coefficient (Wildman–Crippen LogP) is 2.29. The highest BCUT2D eigenvalue weighted by Gasteiger charge is 2.04. The summed E-state index contributed by atoms with van der Waals surface area (Å²) in [5.41, 5.74) is -0.231. The van der Waals surface area contributed by atoms with Gasteiger partial charge in [-0.2, -0.15) is 0 Å². The van der Waals surface area contributed by atoms with Crippen LogP contribution in [0.1, 0.15) is 0 Å². The summed E-state index contributed by atoms with van der Waals surface area (Å²) in [6, 6.07) is 0. The second-order valence-electron chi connectivity index (χ2n) is 1.59. The van der Waals surface area contributed by atoms with Crippen molar-refractivity contribution in [1.82, 2.24) is 4.98 Å². The maximum absolute atomic E-state index is 10.9. The minimum Gasteiger partial charge on any atom is -0.350 e. The van der Waals surface area contributed by atoms with Crippen LogP contribution in [0.2, 0.25) is 10.2 Å². The second-order valence-corrected chi connectivity index (χ2v) is 3.51. The first-order valence-electron chi connectivity index (χ1n) is 2.35. The predicted molar refractivity (Wildman–Crippen MR) is 49.8 cm³/mol. The first-order chi connectivity index (χ1) is 4.63. The van der Waals surface area contributed by atoms with E-state index in [4.69, 9.17) is 23.2 Å². The SMILES string of the molecule is O=c1c(I)c[nH]c(Cl)c1Cl. The summed E-state index contributed by atoms with van der Waals surface area (Å²) in [4.78, 5) is 13.6. The van der Waals surface area contributed by atoms with Crippen molar-refractivity contribution >= 4 is 45.8 Å². The Morgan fingerprint density at radius 3 is 2.60 bits per heavy atom. The van der Waals surface area contributed by atoms with Gasteiger partial charge in [0.2, 0.25) is 5.43 Å². The Morgan fingerprint density at radius 1 is 1.50 bits per heavy atom. The van der Waals surface area contributed by atoms with Crippen LogP contribution in [0, 0.1) is 3.57 Å². The van der Waals surface area contributed by atoms with Crippen molar-refractivity contribution in [1.29, 1.82) is 0 Å². The van der Waals surface area contributed by atoms with Crippen LogP contribution in [0.3, 0.4) is 0 Å². The maximum Gasteiger partial charge on any atom is 0.214 e. The van der Waals surface area contributed by atoms with Gasteiger partial charge in [-0.05, 0) is 22.6 Å². The van der Waals surface area contributed by atoms with Crippen LogP contribution < -0.4 is 5.43 Å². The van der Waals surface area contributed by atoms with Crippen molar-refractivity contribution in [2.24, 2.45) is 0 Å². The third kappa shape index (κ3) is 1.46. The molecule has 0 saturated carbocycles. The number of aromatic amines is 1. The lowest BCUT2D eigenvalue weighted by atomic mass is 10.5. The van der Waals surface area contributed by atoms with Gasteiger partial charge in [0.1, 0.15) is 10.2 Å². The summed E-state index contributed by atoms with van der Waals surface area (Å²) in [7, 11) is 0. The summed E-state index contributed by atoms with van der Waals surface area (Å²) in [5, 5.41) is 0.237. The Bertz CT molecular complexity index is 309. The normalized spacial score (nSPS) is 9.90. The molecule has 5 heteroatoms. The zero-order valence-corrected chi connectivity index (χ0v) is 8.29. The Morgan fingerprint density at radius 2 is 2.10 bits per heavy atom. The molecule has 1 aromatic heterocycles. The summed E-state index contributed by atoms with van der Waals surface area (Å²) >= 11 is 12.9. The van der Waals surface area contributed by atoms with Gasteiger partial charge in [0.15, 0.2) is 0 Å². The number of nitrogens with one attached hydrogen (secondary N) is 1. The molecule has 0 amide bonds. The van der Waals surface area contributed by atoms with E-state index in [0.29, 0.717) is 3.57 Å². The maximum atomic E-state index is 10.9. The fraction of sp³-hybridized carbons (Fsp3) is 0. The number of hydrogen-bond acceptors (Lipinski definition) is 1. The highest BCUT2D eigenvalue weighted by molar-refractivity contribution is 14.1. The molecule has 10 heavy (non-hydrogen) atoms. The largest absolute Gasteiger partial charge is 0.350 e. The van der Waals surface area contributed by atoms with Gasteiger partial charge in [-0.1, -0.05) is 23.2 Å². The van der Waals surface area contributed by atoms with Gasteiger partial charge in [-0.15, -0.1) is 0 Å². The Kier molecular flexibility index (Phi) is 2.60. The molecule has 0 spiro atoms. The fourth-order valence-electron chi connectivity index (χ4n) is 0.460. The first kappa shape index (κ1) is 8.36. The number of H-pyrrole nitrogens is 1. The molecule has 0 unspecified atom stereocenters. The van der Waals surface area contributed by atoms with E-state index in [0.717, 1.165) is 0 Å². The molecule has 0 aliphatic rings. The average molecular weight is 290 g/mol. The zero-order valence-electron chi connectivity index (χ0n) is 4.62. The van der Waals surface area contributed by atoms with Gasteiger partial charge in [-0.25, -0.2) is 0 Å². The number of aromatic nitrogens is 1. The van der Waals surface area contributed by atoms with Crippen molar-refractivity contribution in [2.75, 3.05) is 0 Å². The van der Waals surface area contributed by atoms with Crippen LogP contribution in [-0.2, 0) is 0 Å². The molecule has 0 aromatic carbocycles. The van der Waals surface area contributed by atoms with E-state index in [1.54, 1.807) is 0 Å². The molecule has 1 N–H and O–H groups in total. The van der Waals surface area contributed by atoms with Gasteiger partial charge < -0.3 is 4.98 Å². The Labute approximate surface area is 80.7 Å². The van der Waals surface area contributed by atoms with Crippen LogP contribution in [-0.4, -0.2) is 4.98 Å². The molecular formula is C5H2Cl2INO. The van der Waals surface area contributed by atoms with Crippen LogP contribution in [0.5, 0.6) is 0 Å². The average Bonchev–Trinajstić information content (AvgIpc) is 1.93. The van der Waals surface area contributed by atoms with Gasteiger partial charge >= 0.3 is 0 Å². The van der Waals surface area contributed by atoms with Gasteiger partial charge in [0.05, 0.1) is 3.57 Å². The van der Waals surface area contributed by atoms with Crippen molar-refractivity contribution in [3.05, 3.63) is 30.2 Å². The topological polar surface area (TPSA) is 32.9 Å². The lowest BCUT2D eigenvalue weighted by Crippen LogP contribution is -2.06. The molecule has 0 radical (unpaired) electrons. The minimum atomic E-state index is -0.231. The number of rotatable bonds is 0. The smallest absolute Gasteiger partial charge is 0.214 e. The molecule has 0 atom stereocenters. The monoisotopic (exact) mass is 289 g/mol. The molecule has 1 rings (SSSR count). The molecule has 0 aliphatic carbocycles. The van der Waals surface area contributed by atoms with Crippen LogP contribution in [0.25, 0.3) is 0 Å². The van der Waals surface area contributed by atoms with E-state index in [9.17, 15) is 4.79 Å². The molecule has 0 aliphatic heterocycles. The molecule has 0 saturated heterocycles. The first-order valence-corrected chi connectivity index (χ1v) is 4.18. The summed E-state index contributed by atoms with van der Waals surface area (Å²) < 4.78 is 0.534.